The number of esters is 1. The molecule has 8 nitrogen and oxygen atoms in total. The van der Waals surface area contributed by atoms with Crippen molar-refractivity contribution in [3.63, 3.8) is 0 Å². The summed E-state index contributed by atoms with van der Waals surface area (Å²) in [6.07, 6.45) is -0.540. The number of nitrogens with zero attached hydrogens (tertiary/aromatic N) is 2. The smallest absolute Gasteiger partial charge is 0.345 e. The summed E-state index contributed by atoms with van der Waals surface area (Å²) in [4.78, 5) is 38.8. The molecule has 3 aromatic rings. The fourth-order valence-corrected chi connectivity index (χ4v) is 13.6. The molecule has 0 radical (unpaired) electrons. The fourth-order valence-electron chi connectivity index (χ4n) is 5.66. The van der Waals surface area contributed by atoms with Crippen LogP contribution in [-0.4, -0.2) is 56.3 Å². The van der Waals surface area contributed by atoms with Gasteiger partial charge in [0.15, 0.2) is 0 Å². The van der Waals surface area contributed by atoms with E-state index in [4.69, 9.17) is 33.0 Å². The van der Waals surface area contributed by atoms with Crippen LogP contribution in [0.1, 0.15) is 40.2 Å². The number of thiocarbonyl (C=S) groups is 1. The Bertz CT molecular complexity index is 1500. The number of amides is 1. The van der Waals surface area contributed by atoms with Crippen molar-refractivity contribution in [2.24, 2.45) is 5.92 Å². The number of carbonyl (C=O) groups excluding carboxylic acids is 2. The second-order valence-corrected chi connectivity index (χ2v) is 20.1. The van der Waals surface area contributed by atoms with Crippen LogP contribution in [0.2, 0.25) is 5.04 Å². The van der Waals surface area contributed by atoms with Gasteiger partial charge in [-0.25, -0.2) is 4.79 Å². The number of benzene rings is 3. The van der Waals surface area contributed by atoms with Crippen molar-refractivity contribution in [2.45, 2.75) is 63.2 Å². The molecule has 0 N–H and O–H groups in total. The normalized spacial score (nSPS) is 18.0. The van der Waals surface area contributed by atoms with E-state index in [2.05, 4.69) is 45.0 Å². The monoisotopic (exact) mass is 716 g/mol. The van der Waals surface area contributed by atoms with Gasteiger partial charge in [0.2, 0.25) is 11.4 Å². The van der Waals surface area contributed by atoms with Crippen LogP contribution >= 0.6 is 47.3 Å². The summed E-state index contributed by atoms with van der Waals surface area (Å²) in [6, 6.07) is 26.1. The highest BCUT2D eigenvalue weighted by Crippen LogP contribution is 2.45. The topological polar surface area (TPSA) is 99.0 Å². The second kappa shape index (κ2) is 15.4. The van der Waals surface area contributed by atoms with Gasteiger partial charge in [0, 0.05) is 12.1 Å². The molecule has 0 aliphatic carbocycles. The molecule has 4 unspecified atom stereocenters. The van der Waals surface area contributed by atoms with Crippen molar-refractivity contribution in [1.29, 1.82) is 0 Å². The van der Waals surface area contributed by atoms with Crippen LogP contribution in [-0.2, 0) is 25.4 Å². The summed E-state index contributed by atoms with van der Waals surface area (Å²) in [5.41, 5.74) is -0.916. The highest BCUT2D eigenvalue weighted by molar-refractivity contribution is 8.47. The summed E-state index contributed by atoms with van der Waals surface area (Å²) >= 11 is 15.1. The number of ether oxygens (including phenoxy) is 1. The highest BCUT2D eigenvalue weighted by Gasteiger charge is 2.59. The number of hydrogen-bond acceptors (Lipinski definition) is 9. The quantitative estimate of drug-likeness (QED) is 0.0296. The number of nitro benzene ring substituents is 1. The molecule has 0 aromatic heterocycles. The van der Waals surface area contributed by atoms with Gasteiger partial charge in [0.1, 0.15) is 10.1 Å². The first-order chi connectivity index (χ1) is 21.8. The Balaban J connectivity index is 1.61. The first-order valence-corrected chi connectivity index (χ1v) is 19.4. The molecule has 1 aliphatic rings. The van der Waals surface area contributed by atoms with Crippen molar-refractivity contribution in [2.75, 3.05) is 5.75 Å². The Labute approximate surface area is 289 Å². The molecule has 244 valence electrons. The van der Waals surface area contributed by atoms with E-state index in [1.807, 2.05) is 50.2 Å². The number of alkyl halides is 1. The van der Waals surface area contributed by atoms with Gasteiger partial charge in [-0.15, -0.1) is 11.8 Å². The van der Waals surface area contributed by atoms with Crippen LogP contribution in [0.15, 0.2) is 84.9 Å². The lowest BCUT2D eigenvalue weighted by molar-refractivity contribution is -0.384. The van der Waals surface area contributed by atoms with Gasteiger partial charge in [0.05, 0.1) is 22.3 Å². The number of non-ortho nitro benzene ring substituents is 1. The van der Waals surface area contributed by atoms with Crippen molar-refractivity contribution in [1.82, 2.24) is 4.90 Å². The minimum Gasteiger partial charge on any atom is -0.458 e. The van der Waals surface area contributed by atoms with Gasteiger partial charge in [0.25, 0.3) is 14.0 Å². The average molecular weight is 717 g/mol. The van der Waals surface area contributed by atoms with E-state index < -0.39 is 42.1 Å². The molecular formula is C33H37ClN2O6S3Si. The van der Waals surface area contributed by atoms with E-state index >= 15 is 0 Å². The first kappa shape index (κ1) is 36.1. The molecule has 1 amide bonds. The minimum atomic E-state index is -2.99. The van der Waals surface area contributed by atoms with Crippen LogP contribution < -0.4 is 10.4 Å². The third-order valence-corrected chi connectivity index (χ3v) is 16.1. The van der Waals surface area contributed by atoms with Gasteiger partial charge < -0.3 is 14.1 Å². The molecule has 4 rings (SSSR count). The molecule has 0 bridgehead atoms. The maximum absolute atomic E-state index is 13.9. The summed E-state index contributed by atoms with van der Waals surface area (Å²) in [7, 11) is -2.99. The molecule has 1 heterocycles. The van der Waals surface area contributed by atoms with Gasteiger partial charge in [-0.2, -0.15) is 0 Å². The number of carbonyl (C=O) groups is 2. The van der Waals surface area contributed by atoms with Crippen LogP contribution in [0.5, 0.6) is 0 Å². The predicted molar refractivity (Wildman–Crippen MR) is 193 cm³/mol. The van der Waals surface area contributed by atoms with Crippen LogP contribution in [0, 0.1) is 16.0 Å². The maximum Gasteiger partial charge on any atom is 0.345 e. The van der Waals surface area contributed by atoms with Crippen LogP contribution in [0.3, 0.4) is 0 Å². The SMILES string of the molecule is CCSC(=S)SC1C(C(C)O[Si](c2ccccc2)(c2ccccc2)C(C)(C)C)C(=O)N1C(Cl)C(=O)OCc1ccc([N+](=O)[O-])cc1. The lowest BCUT2D eigenvalue weighted by Crippen LogP contribution is -2.72. The van der Waals surface area contributed by atoms with Gasteiger partial charge in [-0.05, 0) is 45.8 Å². The molecule has 13 heteroatoms. The van der Waals surface area contributed by atoms with E-state index in [9.17, 15) is 19.7 Å². The Morgan fingerprint density at radius 2 is 1.59 bits per heavy atom. The number of halogens is 1. The van der Waals surface area contributed by atoms with E-state index in [-0.39, 0.29) is 23.2 Å². The zero-order valence-electron chi connectivity index (χ0n) is 26.3. The van der Waals surface area contributed by atoms with Gasteiger partial charge in [-0.1, -0.05) is 124 Å². The molecular weight excluding hydrogens is 680 g/mol. The summed E-state index contributed by atoms with van der Waals surface area (Å²) in [5.74, 6) is -0.982. The molecule has 0 spiro atoms. The standard InChI is InChI=1S/C33H37ClN2O6S3Si/c1-6-44-32(43)45-30-27(29(37)35(30)28(34)31(38)41-21-23-17-19-24(20-18-23)36(39)40)22(2)42-46(33(3,4)5,25-13-9-7-10-14-25)26-15-11-8-12-16-26/h7-20,22,27-28,30H,6,21H2,1-5H3. The van der Waals surface area contributed by atoms with Crippen molar-refractivity contribution in [3.8, 4) is 0 Å². The Morgan fingerprint density at radius 1 is 1.04 bits per heavy atom. The third-order valence-electron chi connectivity index (χ3n) is 7.85. The third kappa shape index (κ3) is 7.69. The number of nitro groups is 1. The Kier molecular flexibility index (Phi) is 12.1. The van der Waals surface area contributed by atoms with Crippen molar-refractivity contribution >= 4 is 87.1 Å². The average Bonchev–Trinajstić information content (AvgIpc) is 3.02. The Hall–Kier alpha value is -2.74. The summed E-state index contributed by atoms with van der Waals surface area (Å²) < 4.78 is 13.3. The lowest BCUT2D eigenvalue weighted by atomic mass is 9.93. The lowest BCUT2D eigenvalue weighted by Gasteiger charge is -2.52. The first-order valence-electron chi connectivity index (χ1n) is 14.8. The number of rotatable bonds is 12. The Morgan fingerprint density at radius 3 is 2.07 bits per heavy atom. The molecule has 0 saturated carbocycles. The molecule has 1 saturated heterocycles. The second-order valence-electron chi connectivity index (χ2n) is 11.8. The molecule has 46 heavy (non-hydrogen) atoms. The minimum absolute atomic E-state index is 0.0716. The predicted octanol–water partition coefficient (Wildman–Crippen LogP) is 6.72. The van der Waals surface area contributed by atoms with E-state index in [0.717, 1.165) is 16.1 Å². The molecule has 4 atom stereocenters. The number of thioether (sulfide) groups is 2. The number of likely N-dealkylation sites (tertiary alicyclic amines) is 1. The molecule has 3 aromatic carbocycles. The van der Waals surface area contributed by atoms with Crippen molar-refractivity contribution < 1.29 is 23.7 Å². The number of hydrogen-bond donors (Lipinski definition) is 0. The fraction of sp³-hybridized carbons (Fsp3) is 0.364. The number of β-lactam (4-membered cyclic amide) rings is 1. The van der Waals surface area contributed by atoms with Gasteiger partial charge in [-0.3, -0.25) is 14.9 Å². The van der Waals surface area contributed by atoms with Crippen LogP contribution in [0.25, 0.3) is 0 Å². The summed E-state index contributed by atoms with van der Waals surface area (Å²) in [5, 5.41) is 12.3. The van der Waals surface area contributed by atoms with E-state index in [0.29, 0.717) is 9.09 Å². The van der Waals surface area contributed by atoms with Crippen molar-refractivity contribution in [3.05, 3.63) is 101 Å². The van der Waals surface area contributed by atoms with E-state index in [1.165, 1.54) is 52.7 Å². The van der Waals surface area contributed by atoms with Gasteiger partial charge >= 0.3 is 5.97 Å². The largest absolute Gasteiger partial charge is 0.458 e. The molecule has 1 aliphatic heterocycles. The van der Waals surface area contributed by atoms with E-state index in [1.54, 1.807) is 0 Å². The maximum atomic E-state index is 13.9. The van der Waals surface area contributed by atoms with Crippen LogP contribution in [0.4, 0.5) is 5.69 Å². The summed E-state index contributed by atoms with van der Waals surface area (Å²) in [6.45, 7) is 10.3. The zero-order valence-corrected chi connectivity index (χ0v) is 30.5. The zero-order chi connectivity index (χ0) is 33.6. The molecule has 1 fully saturated rings. The highest BCUT2D eigenvalue weighted by atomic mass is 35.5.